The standard InChI is InChI=1S/C16H17NO.C7H7Cl.C5H8O2.ClH/c1-17(2)12-13-8-10-15(11-9-13)16(18)14-6-4-3-5-7-14;8-6-7-4-2-1-3-5-7;1-3-5(6)7-4-2;/h3-11H,12H2,1-2H3;1-5H,6H2;3H,1,4H2,2H3;1H. The Kier molecular flexibility index (Phi) is 16.9. The molecule has 0 bridgehead atoms. The summed E-state index contributed by atoms with van der Waals surface area (Å²) < 4.78 is 4.43. The monoisotopic (exact) mass is 501 g/mol. The molecule has 0 aliphatic carbocycles. The molecule has 0 fully saturated rings. The minimum absolute atomic E-state index is 0. The van der Waals surface area contributed by atoms with E-state index in [2.05, 4.69) is 16.2 Å². The summed E-state index contributed by atoms with van der Waals surface area (Å²) in [5.74, 6) is 0.329. The molecule has 0 unspecified atom stereocenters. The van der Waals surface area contributed by atoms with Crippen molar-refractivity contribution in [3.63, 3.8) is 0 Å². The van der Waals surface area contributed by atoms with Gasteiger partial charge in [-0.25, -0.2) is 4.79 Å². The zero-order chi connectivity index (χ0) is 24.5. The van der Waals surface area contributed by atoms with E-state index in [1.54, 1.807) is 6.92 Å². The minimum Gasteiger partial charge on any atom is -0.463 e. The molecule has 4 nitrogen and oxygen atoms in total. The SMILES string of the molecule is C=CC(=O)OCC.CN(C)Cc1ccc(C(=O)c2ccccc2)cc1.Cl.ClCc1ccccc1. The van der Waals surface area contributed by atoms with Gasteiger partial charge in [-0.1, -0.05) is 91.5 Å². The van der Waals surface area contributed by atoms with Crippen LogP contribution in [-0.4, -0.2) is 37.4 Å². The van der Waals surface area contributed by atoms with Crippen molar-refractivity contribution >= 4 is 35.8 Å². The average molecular weight is 502 g/mol. The zero-order valence-corrected chi connectivity index (χ0v) is 21.5. The summed E-state index contributed by atoms with van der Waals surface area (Å²) in [5.41, 5.74) is 3.86. The van der Waals surface area contributed by atoms with Gasteiger partial charge >= 0.3 is 5.97 Å². The molecule has 3 rings (SSSR count). The Bertz CT molecular complexity index is 960. The second-order valence-corrected chi connectivity index (χ2v) is 7.47. The van der Waals surface area contributed by atoms with E-state index >= 15 is 0 Å². The van der Waals surface area contributed by atoms with Crippen LogP contribution in [0.3, 0.4) is 0 Å². The smallest absolute Gasteiger partial charge is 0.330 e. The first-order valence-corrected chi connectivity index (χ1v) is 11.2. The van der Waals surface area contributed by atoms with Crippen LogP contribution in [-0.2, 0) is 22.0 Å². The molecular formula is C28H33Cl2NO3. The Morgan fingerprint density at radius 1 is 0.853 bits per heavy atom. The van der Waals surface area contributed by atoms with Crippen molar-refractivity contribution < 1.29 is 14.3 Å². The second kappa shape index (κ2) is 18.5. The molecule has 0 saturated heterocycles. The predicted molar refractivity (Wildman–Crippen MR) is 144 cm³/mol. The third-order valence-corrected chi connectivity index (χ3v) is 4.51. The first-order valence-electron chi connectivity index (χ1n) is 10.6. The number of nitrogens with zero attached hydrogens (tertiary/aromatic N) is 1. The molecule has 34 heavy (non-hydrogen) atoms. The lowest BCUT2D eigenvalue weighted by Gasteiger charge is -2.09. The van der Waals surface area contributed by atoms with Crippen LogP contribution >= 0.6 is 24.0 Å². The zero-order valence-electron chi connectivity index (χ0n) is 19.9. The van der Waals surface area contributed by atoms with Crippen LogP contribution in [0.5, 0.6) is 0 Å². The number of carbonyl (C=O) groups is 2. The van der Waals surface area contributed by atoms with Gasteiger partial charge in [0, 0.05) is 29.6 Å². The molecule has 0 spiro atoms. The number of ketones is 1. The molecular weight excluding hydrogens is 469 g/mol. The van der Waals surface area contributed by atoms with E-state index in [-0.39, 0.29) is 24.2 Å². The lowest BCUT2D eigenvalue weighted by atomic mass is 10.0. The maximum absolute atomic E-state index is 12.2. The fourth-order valence-corrected chi connectivity index (χ4v) is 2.83. The number of hydrogen-bond acceptors (Lipinski definition) is 4. The molecule has 0 saturated carbocycles. The number of hydrogen-bond donors (Lipinski definition) is 0. The fraction of sp³-hybridized carbons (Fsp3) is 0.214. The summed E-state index contributed by atoms with van der Waals surface area (Å²) >= 11 is 5.53. The van der Waals surface area contributed by atoms with Crippen molar-refractivity contribution in [3.05, 3.63) is 120 Å². The van der Waals surface area contributed by atoms with Crippen LogP contribution in [0.25, 0.3) is 0 Å². The van der Waals surface area contributed by atoms with E-state index in [1.165, 1.54) is 11.1 Å². The highest BCUT2D eigenvalue weighted by Gasteiger charge is 2.08. The van der Waals surface area contributed by atoms with E-state index in [0.717, 1.165) is 23.7 Å². The van der Waals surface area contributed by atoms with E-state index in [1.807, 2.05) is 99.0 Å². The highest BCUT2D eigenvalue weighted by atomic mass is 35.5. The van der Waals surface area contributed by atoms with E-state index in [4.69, 9.17) is 11.6 Å². The number of esters is 1. The average Bonchev–Trinajstić information content (AvgIpc) is 2.85. The van der Waals surface area contributed by atoms with Crippen LogP contribution in [0.2, 0.25) is 0 Å². The van der Waals surface area contributed by atoms with Gasteiger partial charge in [0.2, 0.25) is 0 Å². The molecule has 0 atom stereocenters. The van der Waals surface area contributed by atoms with E-state index < -0.39 is 0 Å². The van der Waals surface area contributed by atoms with Crippen LogP contribution in [0.15, 0.2) is 97.6 Å². The van der Waals surface area contributed by atoms with Gasteiger partial charge < -0.3 is 9.64 Å². The van der Waals surface area contributed by atoms with Gasteiger partial charge in [-0.3, -0.25) is 4.79 Å². The molecule has 3 aromatic carbocycles. The summed E-state index contributed by atoms with van der Waals surface area (Å²) in [6.45, 7) is 6.27. The molecule has 0 heterocycles. The highest BCUT2D eigenvalue weighted by Crippen LogP contribution is 2.11. The predicted octanol–water partition coefficient (Wildman–Crippen LogP) is 6.56. The van der Waals surface area contributed by atoms with Crippen LogP contribution in [0, 0.1) is 0 Å². The van der Waals surface area contributed by atoms with E-state index in [9.17, 15) is 9.59 Å². The van der Waals surface area contributed by atoms with Crippen molar-refractivity contribution in [2.45, 2.75) is 19.3 Å². The molecule has 0 aromatic heterocycles. The maximum Gasteiger partial charge on any atom is 0.330 e. The van der Waals surface area contributed by atoms with Crippen molar-refractivity contribution in [1.82, 2.24) is 4.90 Å². The second-order valence-electron chi connectivity index (χ2n) is 7.21. The van der Waals surface area contributed by atoms with Gasteiger partial charge in [-0.2, -0.15) is 0 Å². The lowest BCUT2D eigenvalue weighted by Crippen LogP contribution is -2.10. The molecule has 0 aliphatic heterocycles. The first kappa shape index (κ1) is 31.1. The largest absolute Gasteiger partial charge is 0.463 e. The Hall–Kier alpha value is -2.92. The molecule has 0 aliphatic rings. The number of alkyl halides is 1. The normalized spacial score (nSPS) is 9.32. The molecule has 182 valence electrons. The number of halogens is 2. The topological polar surface area (TPSA) is 46.6 Å². The van der Waals surface area contributed by atoms with Gasteiger partial charge in [-0.15, -0.1) is 24.0 Å². The quantitative estimate of drug-likeness (QED) is 0.159. The lowest BCUT2D eigenvalue weighted by molar-refractivity contribution is -0.137. The summed E-state index contributed by atoms with van der Waals surface area (Å²) in [7, 11) is 4.06. The molecule has 0 radical (unpaired) electrons. The van der Waals surface area contributed by atoms with Crippen LogP contribution in [0.4, 0.5) is 0 Å². The number of benzene rings is 3. The Morgan fingerprint density at radius 3 is 1.74 bits per heavy atom. The Balaban J connectivity index is 0.000000567. The van der Waals surface area contributed by atoms with Crippen molar-refractivity contribution in [2.75, 3.05) is 20.7 Å². The van der Waals surface area contributed by atoms with Crippen molar-refractivity contribution in [3.8, 4) is 0 Å². The highest BCUT2D eigenvalue weighted by molar-refractivity contribution is 6.17. The van der Waals surface area contributed by atoms with Gasteiger partial charge in [0.25, 0.3) is 0 Å². The first-order chi connectivity index (χ1) is 15.9. The maximum atomic E-state index is 12.2. The third kappa shape index (κ3) is 12.9. The van der Waals surface area contributed by atoms with Crippen LogP contribution < -0.4 is 0 Å². The minimum atomic E-state index is -0.359. The van der Waals surface area contributed by atoms with Gasteiger partial charge in [0.15, 0.2) is 5.78 Å². The van der Waals surface area contributed by atoms with Crippen LogP contribution in [0.1, 0.15) is 34.0 Å². The third-order valence-electron chi connectivity index (χ3n) is 4.20. The summed E-state index contributed by atoms with van der Waals surface area (Å²) in [4.78, 5) is 24.3. The molecule has 0 amide bonds. The Labute approximate surface area is 214 Å². The van der Waals surface area contributed by atoms with E-state index in [0.29, 0.717) is 12.5 Å². The number of ether oxygens (including phenoxy) is 1. The van der Waals surface area contributed by atoms with Gasteiger partial charge in [0.05, 0.1) is 6.61 Å². The van der Waals surface area contributed by atoms with Crippen molar-refractivity contribution in [1.29, 1.82) is 0 Å². The number of rotatable bonds is 7. The van der Waals surface area contributed by atoms with Gasteiger partial charge in [-0.05, 0) is 32.1 Å². The molecule has 3 aromatic rings. The molecule has 0 N–H and O–H groups in total. The number of carbonyl (C=O) groups excluding carboxylic acids is 2. The fourth-order valence-electron chi connectivity index (χ4n) is 2.65. The Morgan fingerprint density at radius 2 is 1.35 bits per heavy atom. The summed E-state index contributed by atoms with van der Waals surface area (Å²) in [6, 6.07) is 27.1. The van der Waals surface area contributed by atoms with Crippen molar-refractivity contribution in [2.24, 2.45) is 0 Å². The summed E-state index contributed by atoms with van der Waals surface area (Å²) in [5, 5.41) is 0. The van der Waals surface area contributed by atoms with Gasteiger partial charge in [0.1, 0.15) is 0 Å². The summed E-state index contributed by atoms with van der Waals surface area (Å²) in [6.07, 6.45) is 1.14. The molecule has 6 heteroatoms.